The van der Waals surface area contributed by atoms with E-state index in [0.717, 1.165) is 36.4 Å². The van der Waals surface area contributed by atoms with E-state index in [1.807, 2.05) is 24.3 Å². The Hall–Kier alpha value is -3.16. The van der Waals surface area contributed by atoms with Gasteiger partial charge in [0, 0.05) is 23.9 Å². The Bertz CT molecular complexity index is 1290. The summed E-state index contributed by atoms with van der Waals surface area (Å²) in [6, 6.07) is 16.0. The minimum absolute atomic E-state index is 0.0196. The number of aliphatic hydroxyl groups is 1. The van der Waals surface area contributed by atoms with Gasteiger partial charge in [0.25, 0.3) is 5.91 Å². The number of rotatable bonds is 4. The molecule has 0 aromatic heterocycles. The fourth-order valence-electron chi connectivity index (χ4n) is 8.36. The van der Waals surface area contributed by atoms with Crippen LogP contribution in [-0.2, 0) is 15.6 Å². The maximum absolute atomic E-state index is 13.0. The van der Waals surface area contributed by atoms with E-state index in [1.165, 1.54) is 5.56 Å². The van der Waals surface area contributed by atoms with E-state index < -0.39 is 22.6 Å². The molecule has 4 fully saturated rings. The van der Waals surface area contributed by atoms with Gasteiger partial charge in [0.1, 0.15) is 11.3 Å². The van der Waals surface area contributed by atoms with Crippen molar-refractivity contribution in [1.29, 1.82) is 0 Å². The Kier molecular flexibility index (Phi) is 4.07. The number of likely N-dealkylation sites (tertiary alicyclic amines) is 1. The Morgan fingerprint density at radius 3 is 2.69 bits per heavy atom. The lowest BCUT2D eigenvalue weighted by atomic mass is 9.52. The summed E-state index contributed by atoms with van der Waals surface area (Å²) >= 11 is 0. The number of benzene rings is 2. The van der Waals surface area contributed by atoms with Crippen molar-refractivity contribution >= 4 is 18.0 Å². The van der Waals surface area contributed by atoms with Crippen molar-refractivity contribution in [1.82, 2.24) is 15.5 Å². The highest BCUT2D eigenvalue weighted by Crippen LogP contribution is 2.74. The molecule has 2 saturated carbocycles. The molecule has 3 N–H and O–H groups in total. The summed E-state index contributed by atoms with van der Waals surface area (Å²) in [5.74, 6) is 0.480. The van der Waals surface area contributed by atoms with Crippen molar-refractivity contribution in [2.45, 2.75) is 53.7 Å². The molecule has 35 heavy (non-hydrogen) atoms. The van der Waals surface area contributed by atoms with E-state index in [4.69, 9.17) is 4.74 Å². The summed E-state index contributed by atoms with van der Waals surface area (Å²) in [6.07, 6.45) is 6.39. The number of methoxy groups -OCH3 is 1. The summed E-state index contributed by atoms with van der Waals surface area (Å²) < 4.78 is 5.56. The van der Waals surface area contributed by atoms with E-state index in [9.17, 15) is 14.7 Å². The molecule has 7 rings (SSSR count). The molecule has 3 spiro atoms. The number of fused-ring (bicyclic) bond motifs is 2. The fraction of sp³-hybridized carbons (Fsp3) is 0.429. The maximum Gasteiger partial charge on any atom is 0.322 e. The first kappa shape index (κ1) is 21.1. The standard InChI is InChI=1S/C28H29N3O4/c1-35-19-9-10-20-21(14-19)26-15-25(20)17-31(13-5-8-18-6-3-2-4-7-18)22(25)28(26,34)12-11-27(16-26)23(32)29-24(33)30-27/h2-10,14,22,34H,11-13,15-17H2,1H3,(H2,29,30,32,33)/b8-5+/t22-,25?,26-,27+,28-/m1/s1. The number of nitrogens with zero attached hydrogens (tertiary/aromatic N) is 1. The second kappa shape index (κ2) is 6.74. The van der Waals surface area contributed by atoms with Crippen LogP contribution in [0.2, 0.25) is 0 Å². The van der Waals surface area contributed by atoms with E-state index in [0.29, 0.717) is 19.3 Å². The smallest absolute Gasteiger partial charge is 0.322 e. The predicted octanol–water partition coefficient (Wildman–Crippen LogP) is 2.48. The molecule has 5 atom stereocenters. The molecule has 5 aliphatic rings. The van der Waals surface area contributed by atoms with Crippen LogP contribution in [0.15, 0.2) is 54.6 Å². The number of hydrogen-bond acceptors (Lipinski definition) is 5. The lowest BCUT2D eigenvalue weighted by Crippen LogP contribution is -2.76. The minimum Gasteiger partial charge on any atom is -0.497 e. The highest BCUT2D eigenvalue weighted by atomic mass is 16.5. The molecule has 1 unspecified atom stereocenters. The van der Waals surface area contributed by atoms with Crippen molar-refractivity contribution in [3.8, 4) is 5.75 Å². The number of imide groups is 1. The summed E-state index contributed by atoms with van der Waals surface area (Å²) in [5, 5.41) is 17.9. The van der Waals surface area contributed by atoms with Crippen LogP contribution in [0.1, 0.15) is 42.4 Å². The van der Waals surface area contributed by atoms with E-state index in [1.54, 1.807) is 7.11 Å². The van der Waals surface area contributed by atoms with Crippen LogP contribution in [-0.4, -0.2) is 59.3 Å². The van der Waals surface area contributed by atoms with Crippen LogP contribution in [0.5, 0.6) is 5.75 Å². The number of urea groups is 1. The average Bonchev–Trinajstić information content (AvgIpc) is 3.35. The molecular weight excluding hydrogens is 442 g/mol. The van der Waals surface area contributed by atoms with Crippen molar-refractivity contribution in [3.63, 3.8) is 0 Å². The molecule has 2 bridgehead atoms. The Balaban J connectivity index is 1.29. The molecule has 0 radical (unpaired) electrons. The van der Waals surface area contributed by atoms with Gasteiger partial charge >= 0.3 is 6.03 Å². The number of amides is 3. The summed E-state index contributed by atoms with van der Waals surface area (Å²) in [6.45, 7) is 1.62. The van der Waals surface area contributed by atoms with E-state index in [-0.39, 0.29) is 17.4 Å². The van der Waals surface area contributed by atoms with Crippen LogP contribution in [0.25, 0.3) is 6.08 Å². The monoisotopic (exact) mass is 471 g/mol. The van der Waals surface area contributed by atoms with Crippen LogP contribution < -0.4 is 15.4 Å². The highest BCUT2D eigenvalue weighted by molar-refractivity contribution is 6.07. The van der Waals surface area contributed by atoms with Gasteiger partial charge in [-0.15, -0.1) is 0 Å². The number of carbonyl (C=O) groups excluding carboxylic acids is 2. The van der Waals surface area contributed by atoms with Crippen LogP contribution in [0.3, 0.4) is 0 Å². The van der Waals surface area contributed by atoms with Crippen LogP contribution in [0, 0.1) is 0 Å². The number of nitrogens with one attached hydrogen (secondary N) is 2. The molecule has 7 heteroatoms. The largest absolute Gasteiger partial charge is 0.497 e. The molecule has 2 saturated heterocycles. The summed E-state index contributed by atoms with van der Waals surface area (Å²) in [5.41, 5.74) is 0.780. The van der Waals surface area contributed by atoms with Gasteiger partial charge in [-0.05, 0) is 54.5 Å². The Morgan fingerprint density at radius 1 is 1.11 bits per heavy atom. The number of hydrogen-bond donors (Lipinski definition) is 3. The first-order valence-electron chi connectivity index (χ1n) is 12.4. The minimum atomic E-state index is -0.982. The van der Waals surface area contributed by atoms with Crippen molar-refractivity contribution in [2.24, 2.45) is 0 Å². The van der Waals surface area contributed by atoms with Gasteiger partial charge in [0.05, 0.1) is 18.8 Å². The first-order valence-corrected chi connectivity index (χ1v) is 12.4. The van der Waals surface area contributed by atoms with Gasteiger partial charge in [-0.2, -0.15) is 0 Å². The molecule has 7 nitrogen and oxygen atoms in total. The van der Waals surface area contributed by atoms with Gasteiger partial charge in [-0.25, -0.2) is 4.79 Å². The third kappa shape index (κ3) is 2.47. The molecule has 2 heterocycles. The molecule has 2 aromatic rings. The van der Waals surface area contributed by atoms with Crippen molar-refractivity contribution in [3.05, 3.63) is 71.3 Å². The second-order valence-electron chi connectivity index (χ2n) is 11.1. The zero-order valence-corrected chi connectivity index (χ0v) is 19.7. The maximum atomic E-state index is 13.0. The first-order chi connectivity index (χ1) is 16.9. The normalized spacial score (nSPS) is 38.6. The zero-order valence-electron chi connectivity index (χ0n) is 19.7. The van der Waals surface area contributed by atoms with Gasteiger partial charge in [-0.3, -0.25) is 15.0 Å². The summed E-state index contributed by atoms with van der Waals surface area (Å²) in [7, 11) is 1.65. The third-order valence-electron chi connectivity index (χ3n) is 9.55. The van der Waals surface area contributed by atoms with Crippen LogP contribution >= 0.6 is 0 Å². The predicted molar refractivity (Wildman–Crippen MR) is 130 cm³/mol. The summed E-state index contributed by atoms with van der Waals surface area (Å²) in [4.78, 5) is 27.5. The van der Waals surface area contributed by atoms with Crippen molar-refractivity contribution in [2.75, 3.05) is 20.2 Å². The van der Waals surface area contributed by atoms with E-state index >= 15 is 0 Å². The molecule has 2 aromatic carbocycles. The lowest BCUT2D eigenvalue weighted by molar-refractivity contribution is -0.157. The second-order valence-corrected chi connectivity index (χ2v) is 11.1. The number of carbonyl (C=O) groups is 2. The quantitative estimate of drug-likeness (QED) is 0.596. The van der Waals surface area contributed by atoms with E-state index in [2.05, 4.69) is 52.0 Å². The molecule has 3 amide bonds. The average molecular weight is 472 g/mol. The van der Waals surface area contributed by atoms with Gasteiger partial charge in [0.2, 0.25) is 0 Å². The van der Waals surface area contributed by atoms with Gasteiger partial charge in [-0.1, -0.05) is 48.6 Å². The Morgan fingerprint density at radius 2 is 1.94 bits per heavy atom. The van der Waals surface area contributed by atoms with Gasteiger partial charge in [0.15, 0.2) is 0 Å². The molecular formula is C28H29N3O4. The van der Waals surface area contributed by atoms with Gasteiger partial charge < -0.3 is 15.2 Å². The topological polar surface area (TPSA) is 90.9 Å². The number of ether oxygens (including phenoxy) is 1. The Labute approximate surface area is 204 Å². The van der Waals surface area contributed by atoms with Crippen molar-refractivity contribution < 1.29 is 19.4 Å². The molecule has 180 valence electrons. The SMILES string of the molecule is COc1ccc2c(c1)[C@]13CC24CN(C/C=C/c2ccccc2)[C@H]4[C@]1(O)CC[C@@]1(C3)NC(=O)NC1=O. The fourth-order valence-corrected chi connectivity index (χ4v) is 8.36. The highest BCUT2D eigenvalue weighted by Gasteiger charge is 2.82. The molecule has 3 aliphatic carbocycles. The lowest BCUT2D eigenvalue weighted by Gasteiger charge is -2.63. The van der Waals surface area contributed by atoms with Crippen LogP contribution in [0.4, 0.5) is 4.79 Å². The third-order valence-corrected chi connectivity index (χ3v) is 9.55. The molecule has 2 aliphatic heterocycles. The zero-order chi connectivity index (χ0) is 24.1.